The molecule has 6 nitrogen and oxygen atoms in total. The van der Waals surface area contributed by atoms with Gasteiger partial charge in [0.25, 0.3) is 0 Å². The Morgan fingerprint density at radius 2 is 0.520 bits per heavy atom. The summed E-state index contributed by atoms with van der Waals surface area (Å²) < 4.78 is 16.8. The molecule has 0 aromatic heterocycles. The van der Waals surface area contributed by atoms with E-state index in [-0.39, 0.29) is 31.1 Å². The first-order valence-electron chi connectivity index (χ1n) is 30.3. The van der Waals surface area contributed by atoms with E-state index >= 15 is 0 Å². The van der Waals surface area contributed by atoms with Crippen molar-refractivity contribution < 1.29 is 28.6 Å². The lowest BCUT2D eigenvalue weighted by molar-refractivity contribution is -0.167. The zero-order valence-electron chi connectivity index (χ0n) is 48.3. The first kappa shape index (κ1) is 70.3. The second-order valence-electron chi connectivity index (χ2n) is 19.5. The van der Waals surface area contributed by atoms with Gasteiger partial charge in [0.2, 0.25) is 0 Å². The molecule has 0 aromatic rings. The van der Waals surface area contributed by atoms with Gasteiger partial charge in [-0.15, -0.1) is 0 Å². The van der Waals surface area contributed by atoms with Crippen LogP contribution in [0.4, 0.5) is 0 Å². The highest BCUT2D eigenvalue weighted by Gasteiger charge is 2.19. The van der Waals surface area contributed by atoms with Crippen LogP contribution in [0.3, 0.4) is 0 Å². The van der Waals surface area contributed by atoms with Crippen LogP contribution in [0, 0.1) is 0 Å². The van der Waals surface area contributed by atoms with Crippen LogP contribution < -0.4 is 0 Å². The van der Waals surface area contributed by atoms with Crippen molar-refractivity contribution in [3.8, 4) is 0 Å². The number of hydrogen-bond acceptors (Lipinski definition) is 6. The molecule has 1 atom stereocenters. The molecule has 75 heavy (non-hydrogen) atoms. The third-order valence-corrected chi connectivity index (χ3v) is 12.3. The lowest BCUT2D eigenvalue weighted by Gasteiger charge is -2.18. The van der Waals surface area contributed by atoms with E-state index in [4.69, 9.17) is 14.2 Å². The molecule has 0 saturated carbocycles. The van der Waals surface area contributed by atoms with Crippen molar-refractivity contribution in [2.75, 3.05) is 13.2 Å². The van der Waals surface area contributed by atoms with E-state index < -0.39 is 6.10 Å². The average molecular weight is 1040 g/mol. The predicted molar refractivity (Wildman–Crippen MR) is 325 cm³/mol. The maximum Gasteiger partial charge on any atom is 0.306 e. The lowest BCUT2D eigenvalue weighted by Crippen LogP contribution is -2.30. The summed E-state index contributed by atoms with van der Waals surface area (Å²) in [5.74, 6) is -0.957. The van der Waals surface area contributed by atoms with Crippen LogP contribution in [0.5, 0.6) is 0 Å². The van der Waals surface area contributed by atoms with E-state index in [0.29, 0.717) is 19.3 Å². The Morgan fingerprint density at radius 3 is 0.840 bits per heavy atom. The van der Waals surface area contributed by atoms with E-state index in [2.05, 4.69) is 167 Å². The number of carbonyl (C=O) groups is 3. The molecule has 0 spiro atoms. The van der Waals surface area contributed by atoms with Crippen molar-refractivity contribution in [3.05, 3.63) is 146 Å². The van der Waals surface area contributed by atoms with Gasteiger partial charge in [-0.05, 0) is 135 Å². The second-order valence-corrected chi connectivity index (χ2v) is 19.5. The minimum absolute atomic E-state index is 0.102. The molecule has 0 aromatic carbocycles. The highest BCUT2D eigenvalue weighted by atomic mass is 16.6. The smallest absolute Gasteiger partial charge is 0.306 e. The van der Waals surface area contributed by atoms with Gasteiger partial charge in [-0.1, -0.05) is 244 Å². The molecule has 0 rings (SSSR count). The molecule has 0 bridgehead atoms. The third-order valence-electron chi connectivity index (χ3n) is 12.3. The Balaban J connectivity index is 4.43. The minimum Gasteiger partial charge on any atom is -0.462 e. The highest BCUT2D eigenvalue weighted by molar-refractivity contribution is 5.71. The SMILES string of the molecule is CC/C=C\C/C=C\C/C=C\C/C=C\C/C=C\C/C=C\C/C=C\CCCCCC(=O)OCC(COC(=O)CCCCCCC/C=C\CCCC)OC(=O)CCCCCCCCCC/C=C\C/C=C\C/C=C\C/C=C\CC. The molecule has 0 saturated heterocycles. The third kappa shape index (κ3) is 60.0. The van der Waals surface area contributed by atoms with Crippen molar-refractivity contribution in [1.82, 2.24) is 0 Å². The largest absolute Gasteiger partial charge is 0.462 e. The fourth-order valence-corrected chi connectivity index (χ4v) is 7.81. The van der Waals surface area contributed by atoms with Gasteiger partial charge in [-0.3, -0.25) is 14.4 Å². The topological polar surface area (TPSA) is 78.9 Å². The van der Waals surface area contributed by atoms with Crippen molar-refractivity contribution in [2.24, 2.45) is 0 Å². The molecular weight excluding hydrogens is 925 g/mol. The van der Waals surface area contributed by atoms with Crippen molar-refractivity contribution in [2.45, 2.75) is 258 Å². The van der Waals surface area contributed by atoms with Gasteiger partial charge in [-0.25, -0.2) is 0 Å². The maximum absolute atomic E-state index is 12.9. The standard InChI is InChI=1S/C69H110O6/c1-4-7-10-13-16-19-22-24-26-28-30-32-33-34-35-37-38-40-42-44-47-50-53-56-59-62-68(71)74-65-66(64-73-67(70)61-58-55-52-49-46-21-18-15-12-9-6-3)75-69(72)63-60-57-54-51-48-45-43-41-39-36-31-29-27-25-23-20-17-14-11-8-5-2/h7-8,10-11,15-20,24-27,30-32,34-36,38,40,44,47,66H,4-6,9,12-14,21-23,28-29,33,37,39,41-43,45-46,48-65H2,1-3H3/b10-7-,11-8-,18-15-,19-16-,20-17-,26-24-,27-25-,32-30-,35-34-,36-31-,40-38-,47-44-. The fraction of sp³-hybridized carbons (Fsp3) is 0.609. The summed E-state index contributed by atoms with van der Waals surface area (Å²) in [4.78, 5) is 38.2. The molecule has 0 heterocycles. The van der Waals surface area contributed by atoms with E-state index in [1.165, 1.54) is 57.8 Å². The maximum atomic E-state index is 12.9. The number of esters is 3. The Bertz CT molecular complexity index is 1660. The summed E-state index contributed by atoms with van der Waals surface area (Å²) in [6, 6.07) is 0. The highest BCUT2D eigenvalue weighted by Crippen LogP contribution is 2.14. The number of rotatable bonds is 53. The zero-order chi connectivity index (χ0) is 54.3. The number of hydrogen-bond donors (Lipinski definition) is 0. The fourth-order valence-electron chi connectivity index (χ4n) is 7.81. The lowest BCUT2D eigenvalue weighted by atomic mass is 10.1. The number of unbranched alkanes of at least 4 members (excludes halogenated alkanes) is 18. The van der Waals surface area contributed by atoms with E-state index in [0.717, 1.165) is 154 Å². The van der Waals surface area contributed by atoms with Gasteiger partial charge in [0.15, 0.2) is 6.10 Å². The van der Waals surface area contributed by atoms with E-state index in [9.17, 15) is 14.4 Å². The Hall–Kier alpha value is -4.71. The van der Waals surface area contributed by atoms with Gasteiger partial charge < -0.3 is 14.2 Å². The van der Waals surface area contributed by atoms with Gasteiger partial charge >= 0.3 is 17.9 Å². The number of carbonyl (C=O) groups excluding carboxylic acids is 3. The van der Waals surface area contributed by atoms with Crippen LogP contribution >= 0.6 is 0 Å². The zero-order valence-corrected chi connectivity index (χ0v) is 48.3. The molecule has 0 fully saturated rings. The predicted octanol–water partition coefficient (Wildman–Crippen LogP) is 20.8. The molecule has 6 heteroatoms. The second kappa shape index (κ2) is 61.8. The molecule has 0 radical (unpaired) electrons. The van der Waals surface area contributed by atoms with Crippen molar-refractivity contribution in [3.63, 3.8) is 0 Å². The first-order valence-corrected chi connectivity index (χ1v) is 30.3. The average Bonchev–Trinajstić information content (AvgIpc) is 3.41. The van der Waals surface area contributed by atoms with Crippen LogP contribution in [0.2, 0.25) is 0 Å². The minimum atomic E-state index is -0.807. The summed E-state index contributed by atoms with van der Waals surface area (Å²) in [7, 11) is 0. The summed E-state index contributed by atoms with van der Waals surface area (Å²) in [5.41, 5.74) is 0. The normalized spacial score (nSPS) is 13.2. The van der Waals surface area contributed by atoms with E-state index in [1.807, 2.05) is 0 Å². The molecular formula is C69H110O6. The quantitative estimate of drug-likeness (QED) is 0.0261. The van der Waals surface area contributed by atoms with Gasteiger partial charge in [-0.2, -0.15) is 0 Å². The number of ether oxygens (including phenoxy) is 3. The van der Waals surface area contributed by atoms with Gasteiger partial charge in [0.1, 0.15) is 13.2 Å². The summed E-state index contributed by atoms with van der Waals surface area (Å²) in [5, 5.41) is 0. The van der Waals surface area contributed by atoms with Crippen LogP contribution in [0.25, 0.3) is 0 Å². The molecule has 0 aliphatic rings. The van der Waals surface area contributed by atoms with Gasteiger partial charge in [0, 0.05) is 19.3 Å². The summed E-state index contributed by atoms with van der Waals surface area (Å²) in [6.07, 6.45) is 88.4. The van der Waals surface area contributed by atoms with Crippen molar-refractivity contribution >= 4 is 17.9 Å². The summed E-state index contributed by atoms with van der Waals surface area (Å²) in [6.45, 7) is 6.33. The van der Waals surface area contributed by atoms with Crippen LogP contribution in [0.15, 0.2) is 146 Å². The van der Waals surface area contributed by atoms with Crippen LogP contribution in [-0.4, -0.2) is 37.2 Å². The first-order chi connectivity index (χ1) is 37.0. The number of allylic oxidation sites excluding steroid dienone is 24. The molecule has 0 amide bonds. The molecule has 1 unspecified atom stereocenters. The Labute approximate surface area is 461 Å². The van der Waals surface area contributed by atoms with Crippen LogP contribution in [0.1, 0.15) is 252 Å². The Morgan fingerprint density at radius 1 is 0.280 bits per heavy atom. The van der Waals surface area contributed by atoms with E-state index in [1.54, 1.807) is 0 Å². The monoisotopic (exact) mass is 1030 g/mol. The molecule has 0 aliphatic heterocycles. The summed E-state index contributed by atoms with van der Waals surface area (Å²) >= 11 is 0. The van der Waals surface area contributed by atoms with Gasteiger partial charge in [0.05, 0.1) is 0 Å². The van der Waals surface area contributed by atoms with Crippen LogP contribution in [-0.2, 0) is 28.6 Å². The molecule has 422 valence electrons. The molecule has 0 aliphatic carbocycles. The molecule has 0 N–H and O–H groups in total. The van der Waals surface area contributed by atoms with Crippen molar-refractivity contribution in [1.29, 1.82) is 0 Å². The Kier molecular flexibility index (Phi) is 58.0.